The van der Waals surface area contributed by atoms with E-state index in [4.69, 9.17) is 0 Å². The van der Waals surface area contributed by atoms with Gasteiger partial charge in [0.15, 0.2) is 0 Å². The number of amides is 2. The first-order valence-electron chi connectivity index (χ1n) is 9.74. The average Bonchev–Trinajstić information content (AvgIpc) is 2.71. The van der Waals surface area contributed by atoms with Crippen LogP contribution in [0.5, 0.6) is 0 Å². The first kappa shape index (κ1) is 20.7. The lowest BCUT2D eigenvalue weighted by Crippen LogP contribution is -2.47. The zero-order valence-corrected chi connectivity index (χ0v) is 16.6. The van der Waals surface area contributed by atoms with Crippen molar-refractivity contribution in [2.75, 3.05) is 6.54 Å². The van der Waals surface area contributed by atoms with Crippen LogP contribution in [0.25, 0.3) is 0 Å². The van der Waals surface area contributed by atoms with Gasteiger partial charge in [-0.05, 0) is 43.4 Å². The second-order valence-electron chi connectivity index (χ2n) is 6.75. The zero-order valence-electron chi connectivity index (χ0n) is 16.6. The van der Waals surface area contributed by atoms with Crippen molar-refractivity contribution in [1.82, 2.24) is 10.2 Å². The quantitative estimate of drug-likeness (QED) is 0.735. The Bertz CT molecular complexity index is 726. The van der Waals surface area contributed by atoms with Crippen molar-refractivity contribution in [3.05, 3.63) is 71.3 Å². The summed E-state index contributed by atoms with van der Waals surface area (Å²) in [6, 6.07) is 17.7. The van der Waals surface area contributed by atoms with E-state index in [0.29, 0.717) is 25.9 Å². The Labute approximate surface area is 162 Å². The van der Waals surface area contributed by atoms with Crippen LogP contribution in [0.3, 0.4) is 0 Å². The second kappa shape index (κ2) is 10.5. The predicted octanol–water partition coefficient (Wildman–Crippen LogP) is 3.74. The maximum absolute atomic E-state index is 12.9. The molecule has 0 aliphatic heterocycles. The molecule has 4 nitrogen and oxygen atoms in total. The fraction of sp³-hybridized carbons (Fsp3) is 0.391. The van der Waals surface area contributed by atoms with Gasteiger partial charge in [0, 0.05) is 19.5 Å². The number of nitrogens with zero attached hydrogens (tertiary/aromatic N) is 1. The topological polar surface area (TPSA) is 49.4 Å². The van der Waals surface area contributed by atoms with Gasteiger partial charge in [0.2, 0.25) is 11.8 Å². The van der Waals surface area contributed by atoms with Gasteiger partial charge in [0.25, 0.3) is 0 Å². The number of hydrogen-bond acceptors (Lipinski definition) is 2. The Morgan fingerprint density at radius 3 is 2.15 bits per heavy atom. The van der Waals surface area contributed by atoms with E-state index in [-0.39, 0.29) is 11.8 Å². The van der Waals surface area contributed by atoms with Crippen molar-refractivity contribution in [1.29, 1.82) is 0 Å². The van der Waals surface area contributed by atoms with Gasteiger partial charge in [0.05, 0.1) is 0 Å². The number of hydrogen-bond donors (Lipinski definition) is 1. The SMILES string of the molecule is CCNC(=O)C(C)N(Cc1ccccc1)C(=O)CCc1ccc(CC)cc1. The minimum absolute atomic E-state index is 0.00262. The van der Waals surface area contributed by atoms with Gasteiger partial charge < -0.3 is 10.2 Å². The van der Waals surface area contributed by atoms with E-state index in [1.54, 1.807) is 11.8 Å². The highest BCUT2D eigenvalue weighted by Gasteiger charge is 2.25. The van der Waals surface area contributed by atoms with Crippen LogP contribution < -0.4 is 5.32 Å². The van der Waals surface area contributed by atoms with Crippen molar-refractivity contribution in [3.8, 4) is 0 Å². The van der Waals surface area contributed by atoms with Crippen molar-refractivity contribution in [2.45, 2.75) is 52.6 Å². The number of benzene rings is 2. The van der Waals surface area contributed by atoms with E-state index in [9.17, 15) is 9.59 Å². The number of likely N-dealkylation sites (N-methyl/N-ethyl adjacent to an activating group) is 1. The fourth-order valence-corrected chi connectivity index (χ4v) is 3.02. The van der Waals surface area contributed by atoms with E-state index >= 15 is 0 Å². The molecule has 0 fully saturated rings. The van der Waals surface area contributed by atoms with Crippen molar-refractivity contribution in [3.63, 3.8) is 0 Å². The van der Waals surface area contributed by atoms with Crippen LogP contribution in [0.2, 0.25) is 0 Å². The lowest BCUT2D eigenvalue weighted by atomic mass is 10.0. The lowest BCUT2D eigenvalue weighted by Gasteiger charge is -2.28. The smallest absolute Gasteiger partial charge is 0.242 e. The molecule has 0 heterocycles. The maximum Gasteiger partial charge on any atom is 0.242 e. The zero-order chi connectivity index (χ0) is 19.6. The molecule has 27 heavy (non-hydrogen) atoms. The van der Waals surface area contributed by atoms with Gasteiger partial charge in [0.1, 0.15) is 6.04 Å². The Balaban J connectivity index is 2.07. The molecular weight excluding hydrogens is 336 g/mol. The van der Waals surface area contributed by atoms with Crippen LogP contribution >= 0.6 is 0 Å². The summed E-state index contributed by atoms with van der Waals surface area (Å²) in [5.41, 5.74) is 3.46. The van der Waals surface area contributed by atoms with E-state index in [0.717, 1.165) is 17.5 Å². The van der Waals surface area contributed by atoms with Gasteiger partial charge >= 0.3 is 0 Å². The molecule has 0 aromatic heterocycles. The number of aryl methyl sites for hydroxylation is 2. The molecule has 0 radical (unpaired) electrons. The summed E-state index contributed by atoms with van der Waals surface area (Å²) in [6.45, 7) is 6.80. The van der Waals surface area contributed by atoms with Crippen molar-refractivity contribution < 1.29 is 9.59 Å². The van der Waals surface area contributed by atoms with Gasteiger partial charge in [-0.2, -0.15) is 0 Å². The molecule has 4 heteroatoms. The van der Waals surface area contributed by atoms with Crippen LogP contribution in [-0.4, -0.2) is 29.3 Å². The molecule has 0 bridgehead atoms. The molecule has 144 valence electrons. The third-order valence-corrected chi connectivity index (χ3v) is 4.77. The minimum Gasteiger partial charge on any atom is -0.355 e. The molecule has 0 saturated heterocycles. The van der Waals surface area contributed by atoms with Gasteiger partial charge in [-0.1, -0.05) is 61.5 Å². The molecule has 1 N–H and O–H groups in total. The van der Waals surface area contributed by atoms with Crippen LogP contribution in [0.15, 0.2) is 54.6 Å². The Hall–Kier alpha value is -2.62. The molecular formula is C23H30N2O2. The van der Waals surface area contributed by atoms with Crippen LogP contribution in [0.4, 0.5) is 0 Å². The Kier molecular flexibility index (Phi) is 8.05. The average molecular weight is 367 g/mol. The molecule has 0 aliphatic rings. The predicted molar refractivity (Wildman–Crippen MR) is 109 cm³/mol. The van der Waals surface area contributed by atoms with Gasteiger partial charge in [-0.15, -0.1) is 0 Å². The Morgan fingerprint density at radius 2 is 1.56 bits per heavy atom. The third kappa shape index (κ3) is 6.24. The number of carbonyl (C=O) groups excluding carboxylic acids is 2. The standard InChI is InChI=1S/C23H30N2O2/c1-4-19-11-13-20(14-12-19)15-16-22(26)25(18(3)23(27)24-5-2)17-21-9-7-6-8-10-21/h6-14,18H,4-5,15-17H2,1-3H3,(H,24,27). The molecule has 2 aromatic carbocycles. The van der Waals surface area contributed by atoms with E-state index < -0.39 is 6.04 Å². The van der Waals surface area contributed by atoms with Crippen LogP contribution in [0.1, 0.15) is 43.9 Å². The lowest BCUT2D eigenvalue weighted by molar-refractivity contribution is -0.140. The van der Waals surface area contributed by atoms with Gasteiger partial charge in [-0.25, -0.2) is 0 Å². The van der Waals surface area contributed by atoms with E-state index in [2.05, 4.69) is 36.5 Å². The fourth-order valence-electron chi connectivity index (χ4n) is 3.02. The van der Waals surface area contributed by atoms with Crippen LogP contribution in [-0.2, 0) is 29.0 Å². The highest BCUT2D eigenvalue weighted by molar-refractivity contribution is 5.87. The summed E-state index contributed by atoms with van der Waals surface area (Å²) >= 11 is 0. The van der Waals surface area contributed by atoms with Crippen molar-refractivity contribution >= 4 is 11.8 Å². The number of rotatable bonds is 9. The molecule has 1 atom stereocenters. The molecule has 1 unspecified atom stereocenters. The maximum atomic E-state index is 12.9. The minimum atomic E-state index is -0.500. The van der Waals surface area contributed by atoms with E-state index in [1.807, 2.05) is 37.3 Å². The largest absolute Gasteiger partial charge is 0.355 e. The third-order valence-electron chi connectivity index (χ3n) is 4.77. The summed E-state index contributed by atoms with van der Waals surface area (Å²) in [6.07, 6.45) is 2.08. The molecule has 0 spiro atoms. The molecule has 0 aliphatic carbocycles. The van der Waals surface area contributed by atoms with Crippen molar-refractivity contribution in [2.24, 2.45) is 0 Å². The summed E-state index contributed by atoms with van der Waals surface area (Å²) in [5, 5.41) is 2.82. The Morgan fingerprint density at radius 1 is 0.926 bits per heavy atom. The molecule has 2 rings (SSSR count). The first-order chi connectivity index (χ1) is 13.0. The number of carbonyl (C=O) groups is 2. The normalized spacial score (nSPS) is 11.7. The first-order valence-corrected chi connectivity index (χ1v) is 9.74. The highest BCUT2D eigenvalue weighted by atomic mass is 16.2. The highest BCUT2D eigenvalue weighted by Crippen LogP contribution is 2.13. The summed E-state index contributed by atoms with van der Waals surface area (Å²) in [5.74, 6) is -0.119. The summed E-state index contributed by atoms with van der Waals surface area (Å²) < 4.78 is 0. The molecule has 0 saturated carbocycles. The summed E-state index contributed by atoms with van der Waals surface area (Å²) in [7, 11) is 0. The molecule has 2 amide bonds. The monoisotopic (exact) mass is 366 g/mol. The number of nitrogens with one attached hydrogen (secondary N) is 1. The molecule has 2 aromatic rings. The van der Waals surface area contributed by atoms with E-state index in [1.165, 1.54) is 5.56 Å². The summed E-state index contributed by atoms with van der Waals surface area (Å²) in [4.78, 5) is 26.9. The van der Waals surface area contributed by atoms with Gasteiger partial charge in [-0.3, -0.25) is 9.59 Å². The van der Waals surface area contributed by atoms with Crippen LogP contribution in [0, 0.1) is 0 Å². The second-order valence-corrected chi connectivity index (χ2v) is 6.75.